The minimum atomic E-state index is -4.43. The number of aliphatic imine (C=N–C) groups is 1. The number of carbonyl (C=O) groups excluding carboxylic acids is 1. The third kappa shape index (κ3) is 4.89. The molecule has 0 bridgehead atoms. The van der Waals surface area contributed by atoms with Gasteiger partial charge in [0, 0.05) is 20.6 Å². The number of aliphatic hydroxyl groups excluding tert-OH is 1. The van der Waals surface area contributed by atoms with Gasteiger partial charge in [0.05, 0.1) is 17.3 Å². The van der Waals surface area contributed by atoms with Gasteiger partial charge < -0.3 is 15.1 Å². The second-order valence-electron chi connectivity index (χ2n) is 10.3. The zero-order valence-electron chi connectivity index (χ0n) is 18.6. The summed E-state index contributed by atoms with van der Waals surface area (Å²) in [6.45, 7) is 12.6. The lowest BCUT2D eigenvalue weighted by molar-refractivity contribution is -0.137. The molecule has 0 spiro atoms. The molecule has 9 heteroatoms. The first kappa shape index (κ1) is 23.6. The Kier molecular flexibility index (Phi) is 5.94. The molecule has 0 saturated heterocycles. The summed E-state index contributed by atoms with van der Waals surface area (Å²) in [5.74, 6) is -0.147. The second-order valence-corrected chi connectivity index (χ2v) is 11.3. The van der Waals surface area contributed by atoms with Crippen LogP contribution in [-0.4, -0.2) is 34.3 Å². The van der Waals surface area contributed by atoms with Gasteiger partial charge in [-0.3, -0.25) is 4.79 Å². The Balaban J connectivity index is 1.98. The van der Waals surface area contributed by atoms with Crippen molar-refractivity contribution < 1.29 is 23.1 Å². The average Bonchev–Trinajstić information content (AvgIpc) is 2.87. The van der Waals surface area contributed by atoms with Crippen LogP contribution in [0.4, 0.5) is 18.9 Å². The van der Waals surface area contributed by atoms with Crippen molar-refractivity contribution >= 4 is 31.5 Å². The molecule has 170 valence electrons. The van der Waals surface area contributed by atoms with Gasteiger partial charge in [0.25, 0.3) is 5.91 Å². The Bertz CT molecular complexity index is 956. The lowest BCUT2D eigenvalue weighted by Crippen LogP contribution is -2.45. The van der Waals surface area contributed by atoms with Crippen molar-refractivity contribution in [3.05, 3.63) is 35.1 Å². The molecule has 0 aromatic heterocycles. The van der Waals surface area contributed by atoms with Crippen LogP contribution in [0.1, 0.15) is 53.5 Å². The van der Waals surface area contributed by atoms with Gasteiger partial charge in [0.2, 0.25) is 0 Å². The molecule has 2 N–H and O–H groups in total. The highest BCUT2D eigenvalue weighted by Gasteiger charge is 2.47. The molecule has 1 aromatic rings. The van der Waals surface area contributed by atoms with Crippen LogP contribution in [0, 0.1) is 10.8 Å². The predicted molar refractivity (Wildman–Crippen MR) is 118 cm³/mol. The number of nitrogens with one attached hydrogen (secondary N) is 1. The van der Waals surface area contributed by atoms with Crippen LogP contribution in [0.3, 0.4) is 0 Å². The lowest BCUT2D eigenvalue weighted by Gasteiger charge is -2.36. The van der Waals surface area contributed by atoms with Crippen LogP contribution < -0.4 is 10.4 Å². The molecule has 0 fully saturated rings. The zero-order chi connectivity index (χ0) is 23.4. The first-order valence-corrected chi connectivity index (χ1v) is 11.2. The van der Waals surface area contributed by atoms with Crippen LogP contribution >= 0.6 is 8.73 Å². The monoisotopic (exact) mass is 455 g/mol. The van der Waals surface area contributed by atoms with Crippen molar-refractivity contribution in [2.45, 2.75) is 60.2 Å². The van der Waals surface area contributed by atoms with Crippen LogP contribution in [0.2, 0.25) is 0 Å². The standard InChI is InChI=1S/C22H29F3N3O2P/c1-20(2,3)9-10-28-17(21(4,5)6)16(29)15(19(28)30)18-26-13-8-7-12(22(23,24)25)11-14(13)31-27-18/h7-8,11,17,29,31H,9-10H2,1-6H3,(H,26,27). The number of fused-ring (bicyclic) bond motifs is 1. The highest BCUT2D eigenvalue weighted by molar-refractivity contribution is 7.46. The van der Waals surface area contributed by atoms with E-state index in [2.05, 4.69) is 30.9 Å². The molecule has 2 heterocycles. The third-order valence-electron chi connectivity index (χ3n) is 5.33. The fourth-order valence-corrected chi connectivity index (χ4v) is 4.67. The molecule has 31 heavy (non-hydrogen) atoms. The molecular formula is C22H29F3N3O2P. The summed E-state index contributed by atoms with van der Waals surface area (Å²) in [4.78, 5) is 19.4. The van der Waals surface area contributed by atoms with Crippen LogP contribution in [0.25, 0.3) is 0 Å². The van der Waals surface area contributed by atoms with Crippen molar-refractivity contribution in [3.63, 3.8) is 0 Å². The Morgan fingerprint density at radius 1 is 1.16 bits per heavy atom. The van der Waals surface area contributed by atoms with Gasteiger partial charge in [-0.1, -0.05) is 41.5 Å². The maximum absolute atomic E-state index is 13.3. The highest BCUT2D eigenvalue weighted by Crippen LogP contribution is 2.39. The van der Waals surface area contributed by atoms with E-state index in [4.69, 9.17) is 0 Å². The fourth-order valence-electron chi connectivity index (χ4n) is 3.74. The van der Waals surface area contributed by atoms with Crippen molar-refractivity contribution in [1.82, 2.24) is 9.99 Å². The van der Waals surface area contributed by atoms with E-state index in [-0.39, 0.29) is 37.2 Å². The maximum Gasteiger partial charge on any atom is 0.416 e. The van der Waals surface area contributed by atoms with Crippen molar-refractivity contribution in [3.8, 4) is 0 Å². The van der Waals surface area contributed by atoms with E-state index in [1.165, 1.54) is 6.07 Å². The summed E-state index contributed by atoms with van der Waals surface area (Å²) in [6, 6.07) is 2.86. The minimum Gasteiger partial charge on any atom is -0.509 e. The van der Waals surface area contributed by atoms with E-state index in [1.807, 2.05) is 20.8 Å². The Morgan fingerprint density at radius 3 is 2.35 bits per heavy atom. The number of aliphatic hydroxyl groups is 1. The normalized spacial score (nSPS) is 20.8. The molecule has 1 amide bonds. The quantitative estimate of drug-likeness (QED) is 0.626. The predicted octanol–water partition coefficient (Wildman–Crippen LogP) is 5.06. The largest absolute Gasteiger partial charge is 0.509 e. The number of halogens is 3. The number of nitrogens with zero attached hydrogens (tertiary/aromatic N) is 2. The molecule has 2 aliphatic rings. The Labute approximate surface area is 182 Å². The maximum atomic E-state index is 13.3. The molecule has 0 saturated carbocycles. The Hall–Kier alpha value is -2.08. The summed E-state index contributed by atoms with van der Waals surface area (Å²) in [5.41, 5.74) is -0.658. The molecule has 3 rings (SSSR count). The molecule has 5 nitrogen and oxygen atoms in total. The summed E-state index contributed by atoms with van der Waals surface area (Å²) in [6.07, 6.45) is -3.67. The average molecular weight is 455 g/mol. The first-order valence-electron chi connectivity index (χ1n) is 10.2. The van der Waals surface area contributed by atoms with E-state index in [9.17, 15) is 23.1 Å². The summed E-state index contributed by atoms with van der Waals surface area (Å²) in [5, 5.41) is 14.4. The van der Waals surface area contributed by atoms with E-state index in [0.717, 1.165) is 18.6 Å². The van der Waals surface area contributed by atoms with Crippen LogP contribution in [-0.2, 0) is 11.0 Å². The molecule has 2 atom stereocenters. The number of benzene rings is 1. The van der Waals surface area contributed by atoms with E-state index in [0.29, 0.717) is 17.5 Å². The number of hydrogen-bond acceptors (Lipinski definition) is 4. The van der Waals surface area contributed by atoms with Gasteiger partial charge in [-0.25, -0.2) is 4.99 Å². The first-order chi connectivity index (χ1) is 14.1. The van der Waals surface area contributed by atoms with E-state index < -0.39 is 23.2 Å². The number of carbonyl (C=O) groups is 1. The SMILES string of the molecule is CC(C)(C)CCN1C(=O)C(C2=Nc3ccc(C(F)(F)F)cc3PN2)=C(O)C1C(C)(C)C. The topological polar surface area (TPSA) is 64.9 Å². The molecule has 1 aromatic carbocycles. The van der Waals surface area contributed by atoms with Gasteiger partial charge >= 0.3 is 6.18 Å². The lowest BCUT2D eigenvalue weighted by atomic mass is 9.84. The van der Waals surface area contributed by atoms with Gasteiger partial charge in [-0.05, 0) is 35.4 Å². The van der Waals surface area contributed by atoms with Crippen molar-refractivity contribution in [1.29, 1.82) is 0 Å². The van der Waals surface area contributed by atoms with Crippen molar-refractivity contribution in [2.75, 3.05) is 6.54 Å². The van der Waals surface area contributed by atoms with Gasteiger partial charge in [-0.15, -0.1) is 0 Å². The van der Waals surface area contributed by atoms with Crippen molar-refractivity contribution in [2.24, 2.45) is 15.8 Å². The molecule has 0 radical (unpaired) electrons. The smallest absolute Gasteiger partial charge is 0.416 e. The summed E-state index contributed by atoms with van der Waals surface area (Å²) < 4.78 is 39.0. The van der Waals surface area contributed by atoms with Gasteiger partial charge in [-0.2, -0.15) is 13.2 Å². The number of alkyl halides is 3. The highest BCUT2D eigenvalue weighted by atomic mass is 31.1. The Morgan fingerprint density at radius 2 is 1.81 bits per heavy atom. The fraction of sp³-hybridized carbons (Fsp3) is 0.545. The molecule has 2 aliphatic heterocycles. The second kappa shape index (κ2) is 7.80. The number of hydrogen-bond donors (Lipinski definition) is 2. The van der Waals surface area contributed by atoms with Gasteiger partial charge in [0.1, 0.15) is 17.2 Å². The van der Waals surface area contributed by atoms with E-state index in [1.54, 1.807) is 4.90 Å². The summed E-state index contributed by atoms with van der Waals surface area (Å²) >= 11 is 0. The third-order valence-corrected chi connectivity index (χ3v) is 6.36. The van der Waals surface area contributed by atoms with Crippen LogP contribution in [0.5, 0.6) is 0 Å². The van der Waals surface area contributed by atoms with Gasteiger partial charge in [0.15, 0.2) is 0 Å². The van der Waals surface area contributed by atoms with Crippen LogP contribution in [0.15, 0.2) is 34.5 Å². The number of amides is 1. The molecular weight excluding hydrogens is 426 g/mol. The van der Waals surface area contributed by atoms with E-state index >= 15 is 0 Å². The zero-order valence-corrected chi connectivity index (χ0v) is 19.6. The number of rotatable bonds is 3. The minimum absolute atomic E-state index is 0.0121. The molecule has 0 aliphatic carbocycles. The molecule has 2 unspecified atom stereocenters. The summed E-state index contributed by atoms with van der Waals surface area (Å²) in [7, 11) is -0.199. The number of amidine groups is 1.